The average Bonchev–Trinajstić information content (AvgIpc) is 2.62. The van der Waals surface area contributed by atoms with Crippen LogP contribution in [0, 0.1) is 5.92 Å². The second-order valence-electron chi connectivity index (χ2n) is 6.96. The first-order chi connectivity index (χ1) is 12.1. The Labute approximate surface area is 150 Å². The van der Waals surface area contributed by atoms with Crippen LogP contribution in [0.2, 0.25) is 0 Å². The van der Waals surface area contributed by atoms with E-state index in [1.807, 2.05) is 0 Å². The highest BCUT2D eigenvalue weighted by atomic mass is 16.2. The van der Waals surface area contributed by atoms with E-state index < -0.39 is 0 Å². The number of nitrogens with zero attached hydrogens (tertiary/aromatic N) is 1. The van der Waals surface area contributed by atoms with Crippen molar-refractivity contribution in [3.05, 3.63) is 41.2 Å². The zero-order chi connectivity index (χ0) is 18.1. The SMILES string of the molecule is CC(C)CCNC(=O)c1cccc(C(=O)NCCC2=CCCCC2)n1. The maximum absolute atomic E-state index is 12.2. The summed E-state index contributed by atoms with van der Waals surface area (Å²) in [4.78, 5) is 28.5. The van der Waals surface area contributed by atoms with Gasteiger partial charge in [-0.3, -0.25) is 9.59 Å². The summed E-state index contributed by atoms with van der Waals surface area (Å²) in [6, 6.07) is 4.97. The Morgan fingerprint density at radius 3 is 2.36 bits per heavy atom. The van der Waals surface area contributed by atoms with Gasteiger partial charge in [-0.25, -0.2) is 4.98 Å². The molecule has 0 aromatic carbocycles. The molecule has 0 aliphatic heterocycles. The smallest absolute Gasteiger partial charge is 0.269 e. The molecule has 5 nitrogen and oxygen atoms in total. The Morgan fingerprint density at radius 1 is 1.08 bits per heavy atom. The van der Waals surface area contributed by atoms with E-state index >= 15 is 0 Å². The summed E-state index contributed by atoms with van der Waals surface area (Å²) in [5.41, 5.74) is 2.00. The fourth-order valence-electron chi connectivity index (χ4n) is 2.81. The summed E-state index contributed by atoms with van der Waals surface area (Å²) >= 11 is 0. The molecule has 1 aromatic rings. The van der Waals surface area contributed by atoms with E-state index in [9.17, 15) is 9.59 Å². The van der Waals surface area contributed by atoms with Gasteiger partial charge < -0.3 is 10.6 Å². The highest BCUT2D eigenvalue weighted by Crippen LogP contribution is 2.19. The highest BCUT2D eigenvalue weighted by Gasteiger charge is 2.12. The topological polar surface area (TPSA) is 71.1 Å². The zero-order valence-electron chi connectivity index (χ0n) is 15.3. The molecule has 1 heterocycles. The van der Waals surface area contributed by atoms with Crippen molar-refractivity contribution in [3.63, 3.8) is 0 Å². The Bertz CT molecular complexity index is 623. The molecule has 0 atom stereocenters. The molecule has 5 heteroatoms. The maximum Gasteiger partial charge on any atom is 0.269 e. The first-order valence-electron chi connectivity index (χ1n) is 9.27. The lowest BCUT2D eigenvalue weighted by Crippen LogP contribution is -2.29. The van der Waals surface area contributed by atoms with Crippen LogP contribution in [0.3, 0.4) is 0 Å². The number of rotatable bonds is 8. The monoisotopic (exact) mass is 343 g/mol. The minimum atomic E-state index is -0.234. The molecule has 0 radical (unpaired) electrons. The van der Waals surface area contributed by atoms with E-state index in [-0.39, 0.29) is 23.2 Å². The molecule has 0 saturated carbocycles. The van der Waals surface area contributed by atoms with Crippen molar-refractivity contribution in [2.45, 2.75) is 52.4 Å². The molecule has 1 aliphatic rings. The van der Waals surface area contributed by atoms with Gasteiger partial charge in [0.2, 0.25) is 0 Å². The predicted molar refractivity (Wildman–Crippen MR) is 99.5 cm³/mol. The molecular weight excluding hydrogens is 314 g/mol. The summed E-state index contributed by atoms with van der Waals surface area (Å²) < 4.78 is 0. The second-order valence-corrected chi connectivity index (χ2v) is 6.96. The molecule has 0 fully saturated rings. The molecule has 136 valence electrons. The van der Waals surface area contributed by atoms with Crippen molar-refractivity contribution in [2.24, 2.45) is 5.92 Å². The van der Waals surface area contributed by atoms with Gasteiger partial charge in [-0.2, -0.15) is 0 Å². The fraction of sp³-hybridized carbons (Fsp3) is 0.550. The number of allylic oxidation sites excluding steroid dienone is 1. The van der Waals surface area contributed by atoms with Crippen molar-refractivity contribution in [2.75, 3.05) is 13.1 Å². The summed E-state index contributed by atoms with van der Waals surface area (Å²) in [5, 5.41) is 5.74. The van der Waals surface area contributed by atoms with Gasteiger partial charge in [-0.1, -0.05) is 31.6 Å². The van der Waals surface area contributed by atoms with Crippen LogP contribution in [0.1, 0.15) is 73.3 Å². The van der Waals surface area contributed by atoms with Gasteiger partial charge in [0.05, 0.1) is 0 Å². The molecule has 0 bridgehead atoms. The lowest BCUT2D eigenvalue weighted by molar-refractivity contribution is 0.0944. The highest BCUT2D eigenvalue weighted by molar-refractivity contribution is 5.96. The number of pyridine rings is 1. The number of hydrogen-bond acceptors (Lipinski definition) is 3. The van der Waals surface area contributed by atoms with E-state index in [1.165, 1.54) is 18.4 Å². The molecular formula is C20H29N3O2. The van der Waals surface area contributed by atoms with Crippen LogP contribution in [0.4, 0.5) is 0 Å². The zero-order valence-corrected chi connectivity index (χ0v) is 15.3. The van der Waals surface area contributed by atoms with Crippen LogP contribution >= 0.6 is 0 Å². The molecule has 1 aliphatic carbocycles. The molecule has 1 aromatic heterocycles. The Hall–Kier alpha value is -2.17. The number of carbonyl (C=O) groups is 2. The van der Waals surface area contributed by atoms with Crippen molar-refractivity contribution >= 4 is 11.8 Å². The minimum Gasteiger partial charge on any atom is -0.351 e. The summed E-state index contributed by atoms with van der Waals surface area (Å²) in [6.07, 6.45) is 8.90. The van der Waals surface area contributed by atoms with Crippen LogP contribution in [0.25, 0.3) is 0 Å². The standard InChI is InChI=1S/C20H29N3O2/c1-15(2)11-13-21-19(24)17-9-6-10-18(23-17)20(25)22-14-12-16-7-4-3-5-8-16/h6-7,9-10,15H,3-5,8,11-14H2,1-2H3,(H,21,24)(H,22,25). The van der Waals surface area contributed by atoms with E-state index in [0.29, 0.717) is 19.0 Å². The molecule has 2 amide bonds. The van der Waals surface area contributed by atoms with Gasteiger partial charge in [0, 0.05) is 13.1 Å². The van der Waals surface area contributed by atoms with Gasteiger partial charge >= 0.3 is 0 Å². The molecule has 2 N–H and O–H groups in total. The summed E-state index contributed by atoms with van der Waals surface area (Å²) in [7, 11) is 0. The molecule has 0 saturated heterocycles. The third-order valence-corrected chi connectivity index (χ3v) is 4.34. The normalized spacial score (nSPS) is 14.1. The summed E-state index contributed by atoms with van der Waals surface area (Å²) in [6.45, 7) is 5.44. The maximum atomic E-state index is 12.2. The van der Waals surface area contributed by atoms with Crippen molar-refractivity contribution in [1.29, 1.82) is 0 Å². The third-order valence-electron chi connectivity index (χ3n) is 4.34. The van der Waals surface area contributed by atoms with E-state index in [1.54, 1.807) is 18.2 Å². The number of hydrogen-bond donors (Lipinski definition) is 2. The van der Waals surface area contributed by atoms with E-state index in [2.05, 4.69) is 35.5 Å². The first kappa shape index (κ1) is 19.2. The van der Waals surface area contributed by atoms with Crippen molar-refractivity contribution in [3.8, 4) is 0 Å². The van der Waals surface area contributed by atoms with E-state index in [4.69, 9.17) is 0 Å². The Morgan fingerprint density at radius 2 is 1.76 bits per heavy atom. The fourth-order valence-corrected chi connectivity index (χ4v) is 2.81. The minimum absolute atomic E-state index is 0.228. The van der Waals surface area contributed by atoms with Crippen LogP contribution < -0.4 is 10.6 Å². The lowest BCUT2D eigenvalue weighted by Gasteiger charge is -2.13. The number of carbonyl (C=O) groups excluding carboxylic acids is 2. The third kappa shape index (κ3) is 6.69. The van der Waals surface area contributed by atoms with Gasteiger partial charge in [-0.05, 0) is 56.6 Å². The van der Waals surface area contributed by atoms with Crippen molar-refractivity contribution in [1.82, 2.24) is 15.6 Å². The van der Waals surface area contributed by atoms with Crippen LogP contribution in [-0.2, 0) is 0 Å². The number of aromatic nitrogens is 1. The quantitative estimate of drug-likeness (QED) is 0.710. The number of nitrogens with one attached hydrogen (secondary N) is 2. The largest absolute Gasteiger partial charge is 0.351 e. The van der Waals surface area contributed by atoms with Crippen molar-refractivity contribution < 1.29 is 9.59 Å². The Kier molecular flexibility index (Phi) is 7.64. The predicted octanol–water partition coefficient (Wildman–Crippen LogP) is 3.48. The van der Waals surface area contributed by atoms with Crippen LogP contribution in [-0.4, -0.2) is 29.9 Å². The van der Waals surface area contributed by atoms with Crippen LogP contribution in [0.15, 0.2) is 29.8 Å². The molecule has 25 heavy (non-hydrogen) atoms. The first-order valence-corrected chi connectivity index (χ1v) is 9.27. The Balaban J connectivity index is 1.83. The molecule has 0 unspecified atom stereocenters. The molecule has 0 spiro atoms. The van der Waals surface area contributed by atoms with Gasteiger partial charge in [0.1, 0.15) is 11.4 Å². The second kappa shape index (κ2) is 9.97. The van der Waals surface area contributed by atoms with Crippen LogP contribution in [0.5, 0.6) is 0 Å². The summed E-state index contributed by atoms with van der Waals surface area (Å²) in [5.74, 6) is 0.0700. The van der Waals surface area contributed by atoms with Gasteiger partial charge in [0.25, 0.3) is 11.8 Å². The van der Waals surface area contributed by atoms with Gasteiger partial charge in [0.15, 0.2) is 0 Å². The molecule has 2 rings (SSSR count). The number of amides is 2. The van der Waals surface area contributed by atoms with Gasteiger partial charge in [-0.15, -0.1) is 0 Å². The average molecular weight is 343 g/mol. The lowest BCUT2D eigenvalue weighted by atomic mass is 9.97. The van der Waals surface area contributed by atoms with E-state index in [0.717, 1.165) is 25.7 Å².